The molecule has 3 aliphatic carbocycles. The first-order chi connectivity index (χ1) is 11.7. The van der Waals surface area contributed by atoms with Gasteiger partial charge in [-0.25, -0.2) is 0 Å². The number of aliphatic imine (C=N–C) groups is 1. The summed E-state index contributed by atoms with van der Waals surface area (Å²) in [6.45, 7) is 2.03. The van der Waals surface area contributed by atoms with Gasteiger partial charge in [-0.15, -0.1) is 24.0 Å². The SMILES string of the molecule is CCS(=O)C1CCCC(NC(=NC)NC2CC2C2CCCCC2)C1.I. The third kappa shape index (κ3) is 6.08. The van der Waals surface area contributed by atoms with Gasteiger partial charge in [-0.3, -0.25) is 9.20 Å². The van der Waals surface area contributed by atoms with E-state index in [1.165, 1.54) is 51.4 Å². The van der Waals surface area contributed by atoms with Crippen molar-refractivity contribution < 1.29 is 4.21 Å². The van der Waals surface area contributed by atoms with E-state index in [2.05, 4.69) is 15.6 Å². The molecule has 4 nitrogen and oxygen atoms in total. The van der Waals surface area contributed by atoms with Gasteiger partial charge < -0.3 is 10.6 Å². The van der Waals surface area contributed by atoms with Crippen LogP contribution in [-0.2, 0) is 10.8 Å². The maximum Gasteiger partial charge on any atom is 0.191 e. The Labute approximate surface area is 173 Å². The molecule has 0 heterocycles. The van der Waals surface area contributed by atoms with Crippen LogP contribution >= 0.6 is 24.0 Å². The molecule has 146 valence electrons. The molecule has 5 atom stereocenters. The van der Waals surface area contributed by atoms with E-state index in [0.29, 0.717) is 17.3 Å². The standard InChI is InChI=1S/C19H35N3OS.HI/c1-3-24(23)16-11-7-10-15(12-16)21-19(20-2)22-18-13-17(18)14-8-5-4-6-9-14;/h14-18H,3-13H2,1-2H3,(H2,20,21,22);1H. The van der Waals surface area contributed by atoms with Crippen LogP contribution < -0.4 is 10.6 Å². The van der Waals surface area contributed by atoms with Gasteiger partial charge in [-0.1, -0.05) is 45.4 Å². The Morgan fingerprint density at radius 3 is 2.48 bits per heavy atom. The first-order valence-corrected chi connectivity index (χ1v) is 11.5. The molecule has 0 aromatic rings. The van der Waals surface area contributed by atoms with Crippen LogP contribution in [0, 0.1) is 11.8 Å². The second-order valence-electron chi connectivity index (χ2n) is 7.92. The third-order valence-corrected chi connectivity index (χ3v) is 8.00. The molecule has 0 amide bonds. The molecular formula is C19H36IN3OS. The van der Waals surface area contributed by atoms with Crippen molar-refractivity contribution in [3.8, 4) is 0 Å². The second-order valence-corrected chi connectivity index (χ2v) is 9.93. The number of nitrogens with one attached hydrogen (secondary N) is 2. The summed E-state index contributed by atoms with van der Waals surface area (Å²) in [5, 5.41) is 7.64. The molecule has 3 fully saturated rings. The molecule has 6 heteroatoms. The fourth-order valence-corrected chi connectivity index (χ4v) is 6.10. The van der Waals surface area contributed by atoms with Gasteiger partial charge in [0.1, 0.15) is 0 Å². The summed E-state index contributed by atoms with van der Waals surface area (Å²) in [5.74, 6) is 3.57. The molecule has 0 radical (unpaired) electrons. The quantitative estimate of drug-likeness (QED) is 0.357. The smallest absolute Gasteiger partial charge is 0.191 e. The molecule has 3 rings (SSSR count). The predicted octanol–water partition coefficient (Wildman–Crippen LogP) is 3.82. The fraction of sp³-hybridized carbons (Fsp3) is 0.947. The predicted molar refractivity (Wildman–Crippen MR) is 118 cm³/mol. The molecule has 0 spiro atoms. The van der Waals surface area contributed by atoms with E-state index in [1.54, 1.807) is 0 Å². The number of guanidine groups is 1. The van der Waals surface area contributed by atoms with Crippen molar-refractivity contribution in [1.29, 1.82) is 0 Å². The van der Waals surface area contributed by atoms with E-state index in [0.717, 1.165) is 36.4 Å². The molecule has 0 aliphatic heterocycles. The van der Waals surface area contributed by atoms with E-state index < -0.39 is 10.8 Å². The summed E-state index contributed by atoms with van der Waals surface area (Å²) < 4.78 is 12.1. The lowest BCUT2D eigenvalue weighted by molar-refractivity contribution is 0.315. The number of rotatable bonds is 5. The Balaban J connectivity index is 0.00000225. The summed E-state index contributed by atoms with van der Waals surface area (Å²) in [4.78, 5) is 4.45. The zero-order valence-electron chi connectivity index (χ0n) is 15.8. The number of hydrogen-bond donors (Lipinski definition) is 2. The Hall–Kier alpha value is 0.150. The normalized spacial score (nSPS) is 34.7. The average Bonchev–Trinajstić information content (AvgIpc) is 3.40. The molecule has 5 unspecified atom stereocenters. The van der Waals surface area contributed by atoms with Gasteiger partial charge in [-0.05, 0) is 37.5 Å². The number of nitrogens with zero attached hydrogens (tertiary/aromatic N) is 1. The van der Waals surface area contributed by atoms with Crippen molar-refractivity contribution in [2.24, 2.45) is 16.8 Å². The van der Waals surface area contributed by atoms with Crippen LogP contribution in [0.15, 0.2) is 4.99 Å². The van der Waals surface area contributed by atoms with Crippen molar-refractivity contribution in [3.63, 3.8) is 0 Å². The summed E-state index contributed by atoms with van der Waals surface area (Å²) in [7, 11) is 1.21. The minimum absolute atomic E-state index is 0. The Kier molecular flexibility index (Phi) is 8.99. The van der Waals surface area contributed by atoms with E-state index in [9.17, 15) is 4.21 Å². The molecule has 2 N–H and O–H groups in total. The summed E-state index contributed by atoms with van der Waals surface area (Å²) in [5.41, 5.74) is 0. The van der Waals surface area contributed by atoms with Crippen LogP contribution in [0.4, 0.5) is 0 Å². The van der Waals surface area contributed by atoms with Gasteiger partial charge in [0.2, 0.25) is 0 Å². The summed E-state index contributed by atoms with van der Waals surface area (Å²) in [6.07, 6.45) is 13.0. The number of halogens is 1. The zero-order valence-corrected chi connectivity index (χ0v) is 19.0. The minimum atomic E-state index is -0.659. The maximum absolute atomic E-state index is 12.1. The lowest BCUT2D eigenvalue weighted by Crippen LogP contribution is -2.47. The van der Waals surface area contributed by atoms with Crippen molar-refractivity contribution in [3.05, 3.63) is 0 Å². The lowest BCUT2D eigenvalue weighted by atomic mass is 9.85. The van der Waals surface area contributed by atoms with E-state index in [-0.39, 0.29) is 24.0 Å². The molecule has 3 saturated carbocycles. The van der Waals surface area contributed by atoms with Crippen LogP contribution in [0.1, 0.15) is 71.1 Å². The number of hydrogen-bond acceptors (Lipinski definition) is 2. The van der Waals surface area contributed by atoms with Crippen LogP contribution in [0.2, 0.25) is 0 Å². The van der Waals surface area contributed by atoms with Crippen molar-refractivity contribution in [1.82, 2.24) is 10.6 Å². The maximum atomic E-state index is 12.1. The largest absolute Gasteiger partial charge is 0.354 e. The second kappa shape index (κ2) is 10.5. The highest BCUT2D eigenvalue weighted by Gasteiger charge is 2.43. The molecule has 0 saturated heterocycles. The molecule has 0 bridgehead atoms. The first-order valence-electron chi connectivity index (χ1n) is 10.1. The monoisotopic (exact) mass is 481 g/mol. The Morgan fingerprint density at radius 2 is 1.80 bits per heavy atom. The average molecular weight is 481 g/mol. The molecule has 25 heavy (non-hydrogen) atoms. The van der Waals surface area contributed by atoms with Gasteiger partial charge in [0.15, 0.2) is 5.96 Å². The lowest BCUT2D eigenvalue weighted by Gasteiger charge is -2.30. The molecule has 0 aromatic carbocycles. The summed E-state index contributed by atoms with van der Waals surface area (Å²) in [6, 6.07) is 1.06. The highest BCUT2D eigenvalue weighted by molar-refractivity contribution is 14.0. The van der Waals surface area contributed by atoms with E-state index in [4.69, 9.17) is 0 Å². The third-order valence-electron chi connectivity index (χ3n) is 6.26. The zero-order chi connectivity index (χ0) is 16.9. The summed E-state index contributed by atoms with van der Waals surface area (Å²) >= 11 is 0. The van der Waals surface area contributed by atoms with Crippen molar-refractivity contribution in [2.75, 3.05) is 12.8 Å². The van der Waals surface area contributed by atoms with Crippen LogP contribution in [0.3, 0.4) is 0 Å². The Morgan fingerprint density at radius 1 is 1.04 bits per heavy atom. The van der Waals surface area contributed by atoms with Crippen LogP contribution in [-0.4, -0.2) is 40.3 Å². The van der Waals surface area contributed by atoms with Gasteiger partial charge in [-0.2, -0.15) is 0 Å². The van der Waals surface area contributed by atoms with Gasteiger partial charge >= 0.3 is 0 Å². The van der Waals surface area contributed by atoms with Crippen LogP contribution in [0.5, 0.6) is 0 Å². The topological polar surface area (TPSA) is 53.5 Å². The van der Waals surface area contributed by atoms with Crippen LogP contribution in [0.25, 0.3) is 0 Å². The van der Waals surface area contributed by atoms with E-state index in [1.807, 2.05) is 14.0 Å². The van der Waals surface area contributed by atoms with E-state index >= 15 is 0 Å². The highest BCUT2D eigenvalue weighted by Crippen LogP contribution is 2.44. The van der Waals surface area contributed by atoms with Crippen molar-refractivity contribution in [2.45, 2.75) is 88.5 Å². The first kappa shape index (κ1) is 21.5. The van der Waals surface area contributed by atoms with Gasteiger partial charge in [0.25, 0.3) is 0 Å². The minimum Gasteiger partial charge on any atom is -0.354 e. The fourth-order valence-electron chi connectivity index (χ4n) is 4.75. The van der Waals surface area contributed by atoms with Crippen molar-refractivity contribution >= 4 is 40.7 Å². The Bertz CT molecular complexity index is 468. The molecule has 3 aliphatic rings. The molecule has 0 aromatic heterocycles. The van der Waals surface area contributed by atoms with Gasteiger partial charge in [0, 0.05) is 40.9 Å². The van der Waals surface area contributed by atoms with Gasteiger partial charge in [0.05, 0.1) is 0 Å². The molecular weight excluding hydrogens is 445 g/mol. The highest BCUT2D eigenvalue weighted by atomic mass is 127.